The van der Waals surface area contributed by atoms with Crippen LogP contribution in [0.25, 0.3) is 0 Å². The van der Waals surface area contributed by atoms with Gasteiger partial charge in [-0.15, -0.1) is 6.42 Å². The first-order valence-electron chi connectivity index (χ1n) is 6.04. The van der Waals surface area contributed by atoms with Crippen LogP contribution in [0.1, 0.15) is 5.56 Å². The second kappa shape index (κ2) is 7.23. The Labute approximate surface area is 132 Å². The maximum atomic E-state index is 5.99. The highest BCUT2D eigenvalue weighted by molar-refractivity contribution is 9.10. The third-order valence-electron chi connectivity index (χ3n) is 2.68. The number of para-hydroxylation sites is 1. The first-order chi connectivity index (χ1) is 9.70. The van der Waals surface area contributed by atoms with Crippen molar-refractivity contribution in [3.8, 4) is 18.1 Å². The molecule has 0 saturated carbocycles. The van der Waals surface area contributed by atoms with Gasteiger partial charge in [0, 0.05) is 21.6 Å². The smallest absolute Gasteiger partial charge is 0.148 e. The Balaban J connectivity index is 2.11. The highest BCUT2D eigenvalue weighted by Crippen LogP contribution is 2.27. The molecule has 2 aromatic carbocycles. The number of rotatable bonds is 5. The van der Waals surface area contributed by atoms with E-state index < -0.39 is 0 Å². The highest BCUT2D eigenvalue weighted by Gasteiger charge is 2.05. The minimum Gasteiger partial charge on any atom is -0.481 e. The molecule has 0 aliphatic heterocycles. The topological polar surface area (TPSA) is 21.3 Å². The maximum absolute atomic E-state index is 5.99. The summed E-state index contributed by atoms with van der Waals surface area (Å²) in [5, 5.41) is 4.01. The molecule has 20 heavy (non-hydrogen) atoms. The van der Waals surface area contributed by atoms with Gasteiger partial charge in [0.2, 0.25) is 0 Å². The number of hydrogen-bond donors (Lipinski definition) is 1. The lowest BCUT2D eigenvalue weighted by Gasteiger charge is -2.12. The van der Waals surface area contributed by atoms with Gasteiger partial charge in [0.05, 0.1) is 5.69 Å². The second-order valence-corrected chi connectivity index (χ2v) is 5.37. The SMILES string of the molecule is C#CCOc1ccccc1CNc1cc(Cl)ccc1Br. The fourth-order valence-electron chi connectivity index (χ4n) is 1.73. The van der Waals surface area contributed by atoms with Crippen molar-refractivity contribution in [2.24, 2.45) is 0 Å². The van der Waals surface area contributed by atoms with Crippen molar-refractivity contribution in [2.75, 3.05) is 11.9 Å². The van der Waals surface area contributed by atoms with Gasteiger partial charge < -0.3 is 10.1 Å². The van der Waals surface area contributed by atoms with E-state index >= 15 is 0 Å². The number of halogens is 2. The third-order valence-corrected chi connectivity index (χ3v) is 3.61. The van der Waals surface area contributed by atoms with Crippen molar-refractivity contribution in [3.63, 3.8) is 0 Å². The zero-order chi connectivity index (χ0) is 14.4. The van der Waals surface area contributed by atoms with Gasteiger partial charge in [-0.2, -0.15) is 0 Å². The molecule has 2 rings (SSSR count). The van der Waals surface area contributed by atoms with Crippen LogP contribution in [0.2, 0.25) is 5.02 Å². The van der Waals surface area contributed by atoms with Gasteiger partial charge in [-0.3, -0.25) is 0 Å². The number of benzene rings is 2. The average molecular weight is 351 g/mol. The van der Waals surface area contributed by atoms with Crippen LogP contribution in [0, 0.1) is 12.3 Å². The summed E-state index contributed by atoms with van der Waals surface area (Å²) in [6.07, 6.45) is 5.22. The summed E-state index contributed by atoms with van der Waals surface area (Å²) >= 11 is 9.48. The standard InChI is InChI=1S/C16H13BrClNO/c1-2-9-20-16-6-4-3-5-12(16)11-19-15-10-13(18)7-8-14(15)17/h1,3-8,10,19H,9,11H2. The van der Waals surface area contributed by atoms with E-state index in [-0.39, 0.29) is 6.61 Å². The minimum atomic E-state index is 0.262. The molecule has 102 valence electrons. The fourth-order valence-corrected chi connectivity index (χ4v) is 2.29. The van der Waals surface area contributed by atoms with Crippen molar-refractivity contribution in [3.05, 3.63) is 57.5 Å². The van der Waals surface area contributed by atoms with Gasteiger partial charge in [0.15, 0.2) is 0 Å². The lowest BCUT2D eigenvalue weighted by atomic mass is 10.2. The molecule has 0 heterocycles. The summed E-state index contributed by atoms with van der Waals surface area (Å²) in [5.41, 5.74) is 1.97. The maximum Gasteiger partial charge on any atom is 0.148 e. The monoisotopic (exact) mass is 349 g/mol. The molecule has 0 radical (unpaired) electrons. The number of hydrogen-bond acceptors (Lipinski definition) is 2. The molecule has 4 heteroatoms. The third kappa shape index (κ3) is 3.93. The molecular formula is C16H13BrClNO. The van der Waals surface area contributed by atoms with Gasteiger partial charge in [-0.25, -0.2) is 0 Å². The van der Waals surface area contributed by atoms with Gasteiger partial charge in [0.25, 0.3) is 0 Å². The van der Waals surface area contributed by atoms with Crippen molar-refractivity contribution in [2.45, 2.75) is 6.54 Å². The zero-order valence-electron chi connectivity index (χ0n) is 10.7. The predicted molar refractivity (Wildman–Crippen MR) is 87.2 cm³/mol. The molecule has 0 bridgehead atoms. The molecular weight excluding hydrogens is 338 g/mol. The molecule has 2 aromatic rings. The van der Waals surface area contributed by atoms with Crippen LogP contribution in [0.5, 0.6) is 5.75 Å². The van der Waals surface area contributed by atoms with Crippen molar-refractivity contribution < 1.29 is 4.74 Å². The first-order valence-corrected chi connectivity index (χ1v) is 7.21. The Bertz CT molecular complexity index is 637. The normalized spacial score (nSPS) is 9.85. The number of terminal acetylenes is 1. The van der Waals surface area contributed by atoms with E-state index in [1.165, 1.54) is 0 Å². The number of anilines is 1. The van der Waals surface area contributed by atoms with E-state index in [4.69, 9.17) is 22.8 Å². The van der Waals surface area contributed by atoms with Crippen LogP contribution in [0.3, 0.4) is 0 Å². The molecule has 0 spiro atoms. The highest BCUT2D eigenvalue weighted by atomic mass is 79.9. The lowest BCUT2D eigenvalue weighted by molar-refractivity contribution is 0.366. The van der Waals surface area contributed by atoms with Crippen LogP contribution in [-0.2, 0) is 6.54 Å². The summed E-state index contributed by atoms with van der Waals surface area (Å²) in [7, 11) is 0. The zero-order valence-corrected chi connectivity index (χ0v) is 13.0. The molecule has 2 nitrogen and oxygen atoms in total. The molecule has 0 fully saturated rings. The Morgan fingerprint density at radius 2 is 2.05 bits per heavy atom. The Kier molecular flexibility index (Phi) is 5.34. The second-order valence-electron chi connectivity index (χ2n) is 4.08. The van der Waals surface area contributed by atoms with E-state index in [1.807, 2.05) is 42.5 Å². The van der Waals surface area contributed by atoms with Gasteiger partial charge >= 0.3 is 0 Å². The largest absolute Gasteiger partial charge is 0.481 e. The van der Waals surface area contributed by atoms with Crippen LogP contribution < -0.4 is 10.1 Å². The van der Waals surface area contributed by atoms with Crippen LogP contribution in [0.4, 0.5) is 5.69 Å². The molecule has 0 saturated heterocycles. The summed E-state index contributed by atoms with van der Waals surface area (Å²) in [6, 6.07) is 13.4. The van der Waals surface area contributed by atoms with E-state index in [1.54, 1.807) is 0 Å². The summed E-state index contributed by atoms with van der Waals surface area (Å²) in [5.74, 6) is 3.25. The summed E-state index contributed by atoms with van der Waals surface area (Å²) in [4.78, 5) is 0. The van der Waals surface area contributed by atoms with Crippen molar-refractivity contribution >= 4 is 33.2 Å². The van der Waals surface area contributed by atoms with E-state index in [9.17, 15) is 0 Å². The molecule has 0 amide bonds. The van der Waals surface area contributed by atoms with Gasteiger partial charge in [-0.1, -0.05) is 35.7 Å². The molecule has 0 aliphatic carbocycles. The van der Waals surface area contributed by atoms with E-state index in [0.29, 0.717) is 11.6 Å². The Morgan fingerprint density at radius 1 is 1.25 bits per heavy atom. The van der Waals surface area contributed by atoms with E-state index in [2.05, 4.69) is 27.2 Å². The minimum absolute atomic E-state index is 0.262. The van der Waals surface area contributed by atoms with Crippen LogP contribution in [0.15, 0.2) is 46.9 Å². The predicted octanol–water partition coefficient (Wildman–Crippen LogP) is 4.73. The summed E-state index contributed by atoms with van der Waals surface area (Å²) < 4.78 is 6.48. The quantitative estimate of drug-likeness (QED) is 0.787. The summed E-state index contributed by atoms with van der Waals surface area (Å²) in [6.45, 7) is 0.886. The molecule has 0 unspecified atom stereocenters. The number of nitrogens with one attached hydrogen (secondary N) is 1. The first kappa shape index (κ1) is 14.8. The molecule has 0 atom stereocenters. The Morgan fingerprint density at radius 3 is 2.85 bits per heavy atom. The van der Waals surface area contributed by atoms with Gasteiger partial charge in [-0.05, 0) is 40.2 Å². The van der Waals surface area contributed by atoms with Gasteiger partial charge in [0.1, 0.15) is 12.4 Å². The van der Waals surface area contributed by atoms with Crippen LogP contribution in [-0.4, -0.2) is 6.61 Å². The van der Waals surface area contributed by atoms with Crippen molar-refractivity contribution in [1.82, 2.24) is 0 Å². The van der Waals surface area contributed by atoms with E-state index in [0.717, 1.165) is 21.5 Å². The molecule has 1 N–H and O–H groups in total. The lowest BCUT2D eigenvalue weighted by Crippen LogP contribution is -2.04. The van der Waals surface area contributed by atoms with Crippen LogP contribution >= 0.6 is 27.5 Å². The molecule has 0 aliphatic rings. The molecule has 0 aromatic heterocycles. The number of ether oxygens (including phenoxy) is 1. The van der Waals surface area contributed by atoms with Crippen molar-refractivity contribution in [1.29, 1.82) is 0 Å². The average Bonchev–Trinajstić information content (AvgIpc) is 2.47. The Hall–Kier alpha value is -1.63. The fraction of sp³-hybridized carbons (Fsp3) is 0.125.